The van der Waals surface area contributed by atoms with E-state index in [4.69, 9.17) is 0 Å². The smallest absolute Gasteiger partial charge is 0.243 e. The summed E-state index contributed by atoms with van der Waals surface area (Å²) in [5, 5.41) is 0. The highest BCUT2D eigenvalue weighted by molar-refractivity contribution is 5.83. The highest BCUT2D eigenvalue weighted by Gasteiger charge is 1.99. The van der Waals surface area contributed by atoms with Gasteiger partial charge in [-0.2, -0.15) is 0 Å². The fraction of sp³-hybridized carbons (Fsp3) is 0.273. The third-order valence-electron chi connectivity index (χ3n) is 1.77. The van der Waals surface area contributed by atoms with Crippen molar-refractivity contribution in [2.24, 2.45) is 4.99 Å². The molecule has 0 unspecified atom stereocenters. The Bertz CT molecular complexity index is 317. The molecule has 0 saturated carbocycles. The first-order valence-corrected chi connectivity index (χ1v) is 4.45. The molecule has 0 fully saturated rings. The fourth-order valence-electron chi connectivity index (χ4n) is 0.910. The van der Waals surface area contributed by atoms with E-state index in [2.05, 4.69) is 4.99 Å². The maximum atomic E-state index is 11.1. The van der Waals surface area contributed by atoms with Crippen LogP contribution in [0.4, 0.5) is 0 Å². The molecule has 0 bridgehead atoms. The summed E-state index contributed by atoms with van der Waals surface area (Å²) in [7, 11) is 3.45. The Kier molecular flexibility index (Phi) is 3.85. The monoisotopic (exact) mass is 190 g/mol. The summed E-state index contributed by atoms with van der Waals surface area (Å²) in [6, 6.07) is 9.72. The van der Waals surface area contributed by atoms with Crippen LogP contribution in [0.25, 0.3) is 0 Å². The number of likely N-dealkylation sites (N-methyl/N-ethyl adjacent to an activating group) is 1. The van der Waals surface area contributed by atoms with Crippen LogP contribution >= 0.6 is 0 Å². The Labute approximate surface area is 84.1 Å². The normalized spacial score (nSPS) is 10.4. The zero-order chi connectivity index (χ0) is 10.4. The summed E-state index contributed by atoms with van der Waals surface area (Å²) in [6.45, 7) is 0.210. The minimum atomic E-state index is 0.0113. The standard InChI is InChI=1S/C11H14N2O/c1-13(2)11(14)9-12-8-10-6-4-3-5-7-10/h3-8H,9H2,1-2H3. The lowest BCUT2D eigenvalue weighted by atomic mass is 10.2. The Balaban J connectivity index is 2.46. The first-order valence-electron chi connectivity index (χ1n) is 4.45. The van der Waals surface area contributed by atoms with Gasteiger partial charge in [0, 0.05) is 20.3 Å². The van der Waals surface area contributed by atoms with E-state index in [9.17, 15) is 4.79 Å². The van der Waals surface area contributed by atoms with E-state index in [1.165, 1.54) is 4.90 Å². The van der Waals surface area contributed by atoms with Crippen molar-refractivity contribution in [1.29, 1.82) is 0 Å². The molecule has 14 heavy (non-hydrogen) atoms. The second-order valence-corrected chi connectivity index (χ2v) is 3.17. The average Bonchev–Trinajstić information content (AvgIpc) is 2.19. The van der Waals surface area contributed by atoms with Crippen molar-refractivity contribution >= 4 is 12.1 Å². The predicted octanol–water partition coefficient (Wildman–Crippen LogP) is 1.19. The Morgan fingerprint density at radius 1 is 1.36 bits per heavy atom. The van der Waals surface area contributed by atoms with Crippen molar-refractivity contribution in [2.75, 3.05) is 20.6 Å². The topological polar surface area (TPSA) is 32.7 Å². The van der Waals surface area contributed by atoms with Crippen LogP contribution in [0.5, 0.6) is 0 Å². The summed E-state index contributed by atoms with van der Waals surface area (Å²) in [5.41, 5.74) is 1.01. The van der Waals surface area contributed by atoms with Crippen molar-refractivity contribution in [3.8, 4) is 0 Å². The molecular weight excluding hydrogens is 176 g/mol. The van der Waals surface area contributed by atoms with Gasteiger partial charge in [0.15, 0.2) is 0 Å². The lowest BCUT2D eigenvalue weighted by molar-refractivity contribution is -0.127. The molecule has 1 aromatic carbocycles. The molecule has 3 heteroatoms. The molecule has 1 aromatic rings. The van der Waals surface area contributed by atoms with Crippen molar-refractivity contribution in [2.45, 2.75) is 0 Å². The lowest BCUT2D eigenvalue weighted by Gasteiger charge is -2.06. The number of carbonyl (C=O) groups is 1. The van der Waals surface area contributed by atoms with Gasteiger partial charge in [-0.1, -0.05) is 30.3 Å². The maximum Gasteiger partial charge on any atom is 0.243 e. The van der Waals surface area contributed by atoms with Crippen LogP contribution in [0.1, 0.15) is 5.56 Å². The molecule has 0 N–H and O–H groups in total. The second-order valence-electron chi connectivity index (χ2n) is 3.17. The van der Waals surface area contributed by atoms with Crippen molar-refractivity contribution in [3.63, 3.8) is 0 Å². The molecule has 1 rings (SSSR count). The van der Waals surface area contributed by atoms with E-state index < -0.39 is 0 Å². The number of amides is 1. The zero-order valence-corrected chi connectivity index (χ0v) is 8.47. The van der Waals surface area contributed by atoms with Crippen LogP contribution < -0.4 is 0 Å². The Morgan fingerprint density at radius 3 is 2.57 bits per heavy atom. The molecule has 0 radical (unpaired) electrons. The highest BCUT2D eigenvalue weighted by Crippen LogP contribution is 1.93. The molecule has 0 atom stereocenters. The summed E-state index contributed by atoms with van der Waals surface area (Å²) in [4.78, 5) is 16.7. The zero-order valence-electron chi connectivity index (χ0n) is 8.47. The molecule has 3 nitrogen and oxygen atoms in total. The number of nitrogens with zero attached hydrogens (tertiary/aromatic N) is 2. The molecule has 0 aliphatic carbocycles. The van der Waals surface area contributed by atoms with Crippen molar-refractivity contribution in [3.05, 3.63) is 35.9 Å². The van der Waals surface area contributed by atoms with Gasteiger partial charge in [-0.05, 0) is 5.56 Å². The van der Waals surface area contributed by atoms with Crippen LogP contribution in [0.15, 0.2) is 35.3 Å². The summed E-state index contributed by atoms with van der Waals surface area (Å²) < 4.78 is 0. The fourth-order valence-corrected chi connectivity index (χ4v) is 0.910. The number of hydrogen-bond donors (Lipinski definition) is 0. The molecule has 0 aliphatic rings. The van der Waals surface area contributed by atoms with E-state index in [0.717, 1.165) is 5.56 Å². The third kappa shape index (κ3) is 3.39. The highest BCUT2D eigenvalue weighted by atomic mass is 16.2. The molecule has 0 heterocycles. The first-order chi connectivity index (χ1) is 6.70. The number of aliphatic imine (C=N–C) groups is 1. The van der Waals surface area contributed by atoms with E-state index >= 15 is 0 Å². The van der Waals surface area contributed by atoms with E-state index in [1.54, 1.807) is 20.3 Å². The molecule has 0 saturated heterocycles. The van der Waals surface area contributed by atoms with Crippen LogP contribution in [0.2, 0.25) is 0 Å². The van der Waals surface area contributed by atoms with E-state index in [-0.39, 0.29) is 12.5 Å². The van der Waals surface area contributed by atoms with Crippen LogP contribution in [0, 0.1) is 0 Å². The summed E-state index contributed by atoms with van der Waals surface area (Å²) in [6.07, 6.45) is 1.71. The molecule has 0 aliphatic heterocycles. The molecule has 0 aromatic heterocycles. The van der Waals surface area contributed by atoms with Gasteiger partial charge in [0.1, 0.15) is 6.54 Å². The number of carbonyl (C=O) groups excluding carboxylic acids is 1. The average molecular weight is 190 g/mol. The number of hydrogen-bond acceptors (Lipinski definition) is 2. The van der Waals surface area contributed by atoms with Gasteiger partial charge >= 0.3 is 0 Å². The predicted molar refractivity (Wildman–Crippen MR) is 57.6 cm³/mol. The summed E-state index contributed by atoms with van der Waals surface area (Å²) in [5.74, 6) is 0.0113. The maximum absolute atomic E-state index is 11.1. The van der Waals surface area contributed by atoms with Crippen molar-refractivity contribution < 1.29 is 4.79 Å². The molecule has 74 valence electrons. The molecular formula is C11H14N2O. The number of rotatable bonds is 3. The van der Waals surface area contributed by atoms with E-state index in [1.807, 2.05) is 30.3 Å². The van der Waals surface area contributed by atoms with Crippen molar-refractivity contribution in [1.82, 2.24) is 4.90 Å². The van der Waals surface area contributed by atoms with E-state index in [0.29, 0.717) is 0 Å². The minimum absolute atomic E-state index is 0.0113. The van der Waals surface area contributed by atoms with Gasteiger partial charge in [-0.3, -0.25) is 9.79 Å². The number of benzene rings is 1. The largest absolute Gasteiger partial charge is 0.347 e. The SMILES string of the molecule is CN(C)C(=O)CN=Cc1ccccc1. The second kappa shape index (κ2) is 5.17. The summed E-state index contributed by atoms with van der Waals surface area (Å²) >= 11 is 0. The van der Waals surface area contributed by atoms with Crippen LogP contribution in [-0.2, 0) is 4.79 Å². The van der Waals surface area contributed by atoms with Gasteiger partial charge in [0.25, 0.3) is 0 Å². The molecule has 0 spiro atoms. The van der Waals surface area contributed by atoms with Gasteiger partial charge in [-0.15, -0.1) is 0 Å². The minimum Gasteiger partial charge on any atom is -0.347 e. The first kappa shape index (κ1) is 10.4. The Hall–Kier alpha value is -1.64. The van der Waals surface area contributed by atoms with Gasteiger partial charge in [0.2, 0.25) is 5.91 Å². The lowest BCUT2D eigenvalue weighted by Crippen LogP contribution is -2.24. The van der Waals surface area contributed by atoms with Gasteiger partial charge in [-0.25, -0.2) is 0 Å². The Morgan fingerprint density at radius 2 is 2.00 bits per heavy atom. The molecule has 1 amide bonds. The van der Waals surface area contributed by atoms with Crippen LogP contribution in [-0.4, -0.2) is 37.7 Å². The van der Waals surface area contributed by atoms with Crippen LogP contribution in [0.3, 0.4) is 0 Å². The third-order valence-corrected chi connectivity index (χ3v) is 1.77. The van der Waals surface area contributed by atoms with Gasteiger partial charge in [0.05, 0.1) is 0 Å². The quantitative estimate of drug-likeness (QED) is 0.659. The van der Waals surface area contributed by atoms with Gasteiger partial charge < -0.3 is 4.90 Å².